The lowest BCUT2D eigenvalue weighted by molar-refractivity contribution is -0.121. The predicted molar refractivity (Wildman–Crippen MR) is 98.3 cm³/mol. The van der Waals surface area contributed by atoms with Gasteiger partial charge in [-0.25, -0.2) is 0 Å². The molecule has 2 unspecified atom stereocenters. The molecule has 2 aliphatic rings. The maximum Gasteiger partial charge on any atom is 0.221 e. The molecule has 2 heterocycles. The summed E-state index contributed by atoms with van der Waals surface area (Å²) in [7, 11) is 0. The van der Waals surface area contributed by atoms with Crippen molar-refractivity contribution in [2.45, 2.75) is 38.3 Å². The maximum absolute atomic E-state index is 12.0. The molecule has 0 aliphatic carbocycles. The van der Waals surface area contributed by atoms with Gasteiger partial charge < -0.3 is 15.5 Å². The average Bonchev–Trinajstić information content (AvgIpc) is 3.13. The van der Waals surface area contributed by atoms with Gasteiger partial charge in [-0.1, -0.05) is 18.2 Å². The highest BCUT2D eigenvalue weighted by atomic mass is 16.1. The second kappa shape index (κ2) is 8.49. The molecular weight excluding hydrogens is 300 g/mol. The van der Waals surface area contributed by atoms with Crippen molar-refractivity contribution in [3.63, 3.8) is 0 Å². The van der Waals surface area contributed by atoms with Gasteiger partial charge in [0.1, 0.15) is 0 Å². The Labute approximate surface area is 145 Å². The summed E-state index contributed by atoms with van der Waals surface area (Å²) in [6.07, 6.45) is 2.94. The van der Waals surface area contributed by atoms with E-state index in [1.165, 1.54) is 12.1 Å². The standard InChI is InChI=1S/C19H30N4O/c1-16(15-21-19(24)14-17-6-5-9-20-17)22-10-12-23(13-11-22)18-7-3-2-4-8-18/h2-4,7-8,16-17,20H,5-6,9-15H2,1H3,(H,21,24). The van der Waals surface area contributed by atoms with Crippen LogP contribution in [0.4, 0.5) is 5.69 Å². The number of para-hydroxylation sites is 1. The smallest absolute Gasteiger partial charge is 0.221 e. The van der Waals surface area contributed by atoms with E-state index in [1.54, 1.807) is 0 Å². The molecule has 2 saturated heterocycles. The third-order valence-corrected chi connectivity index (χ3v) is 5.25. The van der Waals surface area contributed by atoms with Crippen molar-refractivity contribution in [1.29, 1.82) is 0 Å². The maximum atomic E-state index is 12.0. The lowest BCUT2D eigenvalue weighted by Gasteiger charge is -2.39. The topological polar surface area (TPSA) is 47.6 Å². The fourth-order valence-electron chi connectivity index (χ4n) is 3.68. The number of carbonyl (C=O) groups excluding carboxylic acids is 1. The third kappa shape index (κ3) is 4.71. The van der Waals surface area contributed by atoms with Crippen LogP contribution in [0.2, 0.25) is 0 Å². The molecule has 1 aromatic carbocycles. The van der Waals surface area contributed by atoms with Crippen LogP contribution in [0.15, 0.2) is 30.3 Å². The van der Waals surface area contributed by atoms with Crippen molar-refractivity contribution < 1.29 is 4.79 Å². The van der Waals surface area contributed by atoms with Crippen molar-refractivity contribution in [3.8, 4) is 0 Å². The first-order valence-electron chi connectivity index (χ1n) is 9.26. The molecule has 5 nitrogen and oxygen atoms in total. The van der Waals surface area contributed by atoms with Crippen molar-refractivity contribution in [1.82, 2.24) is 15.5 Å². The summed E-state index contributed by atoms with van der Waals surface area (Å²) >= 11 is 0. The summed E-state index contributed by atoms with van der Waals surface area (Å²) in [5, 5.41) is 6.50. The molecule has 24 heavy (non-hydrogen) atoms. The van der Waals surface area contributed by atoms with Gasteiger partial charge in [0.05, 0.1) is 0 Å². The molecule has 2 fully saturated rings. The third-order valence-electron chi connectivity index (χ3n) is 5.25. The van der Waals surface area contributed by atoms with E-state index in [9.17, 15) is 4.79 Å². The first kappa shape index (κ1) is 17.2. The number of nitrogens with zero attached hydrogens (tertiary/aromatic N) is 2. The Morgan fingerprint density at radius 1 is 1.25 bits per heavy atom. The van der Waals surface area contributed by atoms with Crippen molar-refractivity contribution in [3.05, 3.63) is 30.3 Å². The van der Waals surface area contributed by atoms with E-state index in [-0.39, 0.29) is 5.91 Å². The summed E-state index contributed by atoms with van der Waals surface area (Å²) in [4.78, 5) is 17.0. The Hall–Kier alpha value is -1.59. The highest BCUT2D eigenvalue weighted by molar-refractivity contribution is 5.76. The first-order chi connectivity index (χ1) is 11.7. The quantitative estimate of drug-likeness (QED) is 0.829. The average molecular weight is 330 g/mol. The molecule has 2 aliphatic heterocycles. The van der Waals surface area contributed by atoms with Gasteiger partial charge in [-0.2, -0.15) is 0 Å². The van der Waals surface area contributed by atoms with E-state index in [4.69, 9.17) is 0 Å². The van der Waals surface area contributed by atoms with Crippen LogP contribution in [0.1, 0.15) is 26.2 Å². The minimum Gasteiger partial charge on any atom is -0.369 e. The van der Waals surface area contributed by atoms with Crippen LogP contribution in [0.25, 0.3) is 0 Å². The largest absolute Gasteiger partial charge is 0.369 e. The highest BCUT2D eigenvalue weighted by Crippen LogP contribution is 2.16. The summed E-state index contributed by atoms with van der Waals surface area (Å²) in [5.41, 5.74) is 1.31. The van der Waals surface area contributed by atoms with Gasteiger partial charge in [-0.15, -0.1) is 0 Å². The van der Waals surface area contributed by atoms with Gasteiger partial charge in [-0.3, -0.25) is 9.69 Å². The fourth-order valence-corrected chi connectivity index (χ4v) is 3.68. The Kier molecular flexibility index (Phi) is 6.10. The minimum absolute atomic E-state index is 0.184. The second-order valence-corrected chi connectivity index (χ2v) is 7.01. The molecule has 2 N–H and O–H groups in total. The molecule has 0 saturated carbocycles. The molecule has 2 atom stereocenters. The number of rotatable bonds is 6. The van der Waals surface area contributed by atoms with Gasteiger partial charge in [0, 0.05) is 56.9 Å². The lowest BCUT2D eigenvalue weighted by atomic mass is 10.1. The van der Waals surface area contributed by atoms with E-state index >= 15 is 0 Å². The number of nitrogens with one attached hydrogen (secondary N) is 2. The summed E-state index contributed by atoms with van der Waals surface area (Å²) in [5.74, 6) is 0.184. The number of hydrogen-bond donors (Lipinski definition) is 2. The second-order valence-electron chi connectivity index (χ2n) is 7.01. The number of benzene rings is 1. The Morgan fingerprint density at radius 2 is 2.00 bits per heavy atom. The fraction of sp³-hybridized carbons (Fsp3) is 0.632. The molecule has 0 radical (unpaired) electrons. The number of anilines is 1. The van der Waals surface area contributed by atoms with Gasteiger partial charge in [0.15, 0.2) is 0 Å². The molecule has 0 aromatic heterocycles. The molecule has 0 bridgehead atoms. The zero-order chi connectivity index (χ0) is 16.8. The number of hydrogen-bond acceptors (Lipinski definition) is 4. The monoisotopic (exact) mass is 330 g/mol. The van der Waals surface area contributed by atoms with Crippen LogP contribution < -0.4 is 15.5 Å². The lowest BCUT2D eigenvalue weighted by Crippen LogP contribution is -2.52. The number of piperazine rings is 1. The van der Waals surface area contributed by atoms with Crippen molar-refractivity contribution in [2.24, 2.45) is 0 Å². The molecule has 5 heteroatoms. The SMILES string of the molecule is CC(CNC(=O)CC1CCCN1)N1CCN(c2ccccc2)CC1. The zero-order valence-corrected chi connectivity index (χ0v) is 14.7. The van der Waals surface area contributed by atoms with Crippen LogP contribution in [-0.4, -0.2) is 62.2 Å². The van der Waals surface area contributed by atoms with E-state index in [0.717, 1.165) is 45.7 Å². The molecule has 1 aromatic rings. The van der Waals surface area contributed by atoms with Crippen LogP contribution in [0.5, 0.6) is 0 Å². The number of carbonyl (C=O) groups is 1. The highest BCUT2D eigenvalue weighted by Gasteiger charge is 2.22. The molecular formula is C19H30N4O. The number of amides is 1. The summed E-state index contributed by atoms with van der Waals surface area (Å²) < 4.78 is 0. The molecule has 132 valence electrons. The molecule has 3 rings (SSSR count). The minimum atomic E-state index is 0.184. The van der Waals surface area contributed by atoms with Crippen molar-refractivity contribution in [2.75, 3.05) is 44.2 Å². The van der Waals surface area contributed by atoms with E-state index in [2.05, 4.69) is 57.7 Å². The van der Waals surface area contributed by atoms with Gasteiger partial charge in [-0.05, 0) is 38.4 Å². The van der Waals surface area contributed by atoms with Crippen LogP contribution >= 0.6 is 0 Å². The van der Waals surface area contributed by atoms with Crippen LogP contribution in [0, 0.1) is 0 Å². The predicted octanol–water partition coefficient (Wildman–Crippen LogP) is 1.46. The van der Waals surface area contributed by atoms with Gasteiger partial charge in [0.25, 0.3) is 0 Å². The Morgan fingerprint density at radius 3 is 2.67 bits per heavy atom. The Bertz CT molecular complexity index is 507. The molecule has 0 spiro atoms. The van der Waals surface area contributed by atoms with E-state index in [0.29, 0.717) is 18.5 Å². The van der Waals surface area contributed by atoms with Crippen LogP contribution in [-0.2, 0) is 4.79 Å². The summed E-state index contributed by atoms with van der Waals surface area (Å²) in [6, 6.07) is 11.4. The Balaban J connectivity index is 1.37. The molecule has 1 amide bonds. The van der Waals surface area contributed by atoms with Crippen molar-refractivity contribution >= 4 is 11.6 Å². The normalized spacial score (nSPS) is 23.2. The van der Waals surface area contributed by atoms with Crippen LogP contribution in [0.3, 0.4) is 0 Å². The van der Waals surface area contributed by atoms with E-state index in [1.807, 2.05) is 0 Å². The van der Waals surface area contributed by atoms with E-state index < -0.39 is 0 Å². The zero-order valence-electron chi connectivity index (χ0n) is 14.7. The van der Waals surface area contributed by atoms with Gasteiger partial charge in [0.2, 0.25) is 5.91 Å². The summed E-state index contributed by atoms with van der Waals surface area (Å²) in [6.45, 7) is 8.22. The first-order valence-corrected chi connectivity index (χ1v) is 9.26. The van der Waals surface area contributed by atoms with Gasteiger partial charge >= 0.3 is 0 Å².